The number of amides is 3. The first-order chi connectivity index (χ1) is 20.1. The Morgan fingerprint density at radius 1 is 0.927 bits per heavy atom. The number of fused-ring (bicyclic) bond motifs is 1. The van der Waals surface area contributed by atoms with Crippen LogP contribution in [-0.2, 0) is 29.0 Å². The minimum absolute atomic E-state index is 0.0618. The second-order valence-corrected chi connectivity index (χ2v) is 10.2. The summed E-state index contributed by atoms with van der Waals surface area (Å²) in [6.45, 7) is 7.28. The largest absolute Gasteiger partial charge is 0.467 e. The van der Waals surface area contributed by atoms with Crippen LogP contribution in [0.4, 0.5) is 10.5 Å². The van der Waals surface area contributed by atoms with E-state index in [1.165, 1.54) is 0 Å². The number of morpholine rings is 1. The Labute approximate surface area is 240 Å². The molecule has 218 valence electrons. The van der Waals surface area contributed by atoms with Gasteiger partial charge in [0.1, 0.15) is 12.3 Å². The number of hydrogen-bond acceptors (Lipinski definition) is 7. The summed E-state index contributed by atoms with van der Waals surface area (Å²) in [6.07, 6.45) is 3.21. The zero-order chi connectivity index (χ0) is 28.4. The van der Waals surface area contributed by atoms with Gasteiger partial charge in [0.25, 0.3) is 0 Å². The predicted octanol–water partition coefficient (Wildman–Crippen LogP) is 4.36. The molecule has 3 amide bonds. The van der Waals surface area contributed by atoms with Crippen LogP contribution < -0.4 is 14.8 Å². The molecule has 1 saturated heterocycles. The summed E-state index contributed by atoms with van der Waals surface area (Å²) in [7, 11) is 0. The zero-order valence-corrected chi connectivity index (χ0v) is 23.5. The van der Waals surface area contributed by atoms with Crippen molar-refractivity contribution < 1.29 is 28.2 Å². The maximum Gasteiger partial charge on any atom is 0.322 e. The van der Waals surface area contributed by atoms with E-state index in [9.17, 15) is 9.59 Å². The lowest BCUT2D eigenvalue weighted by Crippen LogP contribution is -2.45. The maximum absolute atomic E-state index is 13.8. The molecule has 2 aromatic carbocycles. The van der Waals surface area contributed by atoms with E-state index in [-0.39, 0.29) is 31.8 Å². The van der Waals surface area contributed by atoms with Gasteiger partial charge in [-0.3, -0.25) is 9.69 Å². The van der Waals surface area contributed by atoms with E-state index in [0.717, 1.165) is 56.8 Å². The van der Waals surface area contributed by atoms with Gasteiger partial charge in [-0.05, 0) is 60.4 Å². The van der Waals surface area contributed by atoms with Gasteiger partial charge in [0.15, 0.2) is 11.5 Å². The van der Waals surface area contributed by atoms with Crippen molar-refractivity contribution in [2.45, 2.75) is 32.9 Å². The third-order valence-corrected chi connectivity index (χ3v) is 7.30. The number of furan rings is 1. The van der Waals surface area contributed by atoms with E-state index in [1.54, 1.807) is 22.1 Å². The van der Waals surface area contributed by atoms with Crippen molar-refractivity contribution in [3.05, 3.63) is 77.7 Å². The van der Waals surface area contributed by atoms with E-state index in [4.69, 9.17) is 18.6 Å². The van der Waals surface area contributed by atoms with Crippen LogP contribution in [0.2, 0.25) is 0 Å². The fraction of sp³-hybridized carbons (Fsp3) is 0.419. The maximum atomic E-state index is 13.8. The Balaban J connectivity index is 1.30. The first kappa shape index (κ1) is 28.5. The van der Waals surface area contributed by atoms with Gasteiger partial charge in [-0.15, -0.1) is 0 Å². The van der Waals surface area contributed by atoms with Crippen LogP contribution in [0, 0.1) is 0 Å². The lowest BCUT2D eigenvalue weighted by atomic mass is 10.1. The van der Waals surface area contributed by atoms with E-state index in [0.29, 0.717) is 36.0 Å². The first-order valence-electron chi connectivity index (χ1n) is 14.2. The van der Waals surface area contributed by atoms with Gasteiger partial charge in [0, 0.05) is 38.4 Å². The SMILES string of the molecule is CCc1cccc(NC(=O)N(CCCN2CCOCC2)CC(=O)N(Cc2ccc3c(c2)OCO3)Cc2ccco2)c1. The molecule has 1 N–H and O–H groups in total. The Morgan fingerprint density at radius 3 is 2.59 bits per heavy atom. The van der Waals surface area contributed by atoms with Gasteiger partial charge in [-0.25, -0.2) is 4.79 Å². The minimum atomic E-state index is -0.297. The highest BCUT2D eigenvalue weighted by molar-refractivity contribution is 5.92. The molecule has 3 aromatic rings. The normalized spacial score (nSPS) is 14.6. The van der Waals surface area contributed by atoms with Crippen molar-refractivity contribution in [3.63, 3.8) is 0 Å². The molecule has 0 spiro atoms. The molecule has 10 heteroatoms. The van der Waals surface area contributed by atoms with Crippen LogP contribution in [0.15, 0.2) is 65.3 Å². The average molecular weight is 563 g/mol. The summed E-state index contributed by atoms with van der Waals surface area (Å²) >= 11 is 0. The number of nitrogens with one attached hydrogen (secondary N) is 1. The highest BCUT2D eigenvalue weighted by atomic mass is 16.7. The fourth-order valence-electron chi connectivity index (χ4n) is 4.98. The molecule has 3 heterocycles. The molecule has 5 rings (SSSR count). The number of benzene rings is 2. The number of ether oxygens (including phenoxy) is 3. The molecule has 1 fully saturated rings. The fourth-order valence-corrected chi connectivity index (χ4v) is 4.98. The van der Waals surface area contributed by atoms with Crippen molar-refractivity contribution in [1.82, 2.24) is 14.7 Å². The minimum Gasteiger partial charge on any atom is -0.467 e. The summed E-state index contributed by atoms with van der Waals surface area (Å²) in [5.41, 5.74) is 2.74. The predicted molar refractivity (Wildman–Crippen MR) is 154 cm³/mol. The van der Waals surface area contributed by atoms with Crippen LogP contribution in [0.1, 0.15) is 30.2 Å². The van der Waals surface area contributed by atoms with Gasteiger partial charge >= 0.3 is 6.03 Å². The second kappa shape index (κ2) is 14.0. The van der Waals surface area contributed by atoms with Crippen molar-refractivity contribution in [2.24, 2.45) is 0 Å². The topological polar surface area (TPSA) is 96.7 Å². The van der Waals surface area contributed by atoms with Gasteiger partial charge in [-0.2, -0.15) is 0 Å². The molecule has 10 nitrogen and oxygen atoms in total. The van der Waals surface area contributed by atoms with Crippen LogP contribution in [0.5, 0.6) is 11.5 Å². The molecule has 0 unspecified atom stereocenters. The summed E-state index contributed by atoms with van der Waals surface area (Å²) in [5, 5.41) is 3.01. The third kappa shape index (κ3) is 8.02. The van der Waals surface area contributed by atoms with Gasteiger partial charge in [0.2, 0.25) is 12.7 Å². The number of carbonyl (C=O) groups excluding carboxylic acids is 2. The molecule has 0 bridgehead atoms. The monoisotopic (exact) mass is 562 g/mol. The summed E-state index contributed by atoms with van der Waals surface area (Å²) in [4.78, 5) is 33.0. The molecule has 0 saturated carbocycles. The molecule has 1 aromatic heterocycles. The summed E-state index contributed by atoms with van der Waals surface area (Å²) in [5.74, 6) is 1.83. The molecule has 41 heavy (non-hydrogen) atoms. The van der Waals surface area contributed by atoms with Crippen molar-refractivity contribution in [2.75, 3.05) is 58.0 Å². The quantitative estimate of drug-likeness (QED) is 0.351. The Hall–Kier alpha value is -4.02. The van der Waals surface area contributed by atoms with E-state index in [1.807, 2.05) is 48.5 Å². The highest BCUT2D eigenvalue weighted by Crippen LogP contribution is 2.33. The van der Waals surface area contributed by atoms with Crippen molar-refractivity contribution >= 4 is 17.6 Å². The molecular weight excluding hydrogens is 524 g/mol. The lowest BCUT2D eigenvalue weighted by molar-refractivity contribution is -0.133. The van der Waals surface area contributed by atoms with E-state index < -0.39 is 0 Å². The number of aryl methyl sites for hydroxylation is 1. The van der Waals surface area contributed by atoms with Gasteiger partial charge in [-0.1, -0.05) is 25.1 Å². The van der Waals surface area contributed by atoms with Crippen molar-refractivity contribution in [1.29, 1.82) is 0 Å². The second-order valence-electron chi connectivity index (χ2n) is 10.2. The lowest BCUT2D eigenvalue weighted by Gasteiger charge is -2.30. The molecule has 0 aliphatic carbocycles. The summed E-state index contributed by atoms with van der Waals surface area (Å²) in [6, 6.07) is 16.8. The Morgan fingerprint density at radius 2 is 1.78 bits per heavy atom. The smallest absolute Gasteiger partial charge is 0.322 e. The molecule has 0 atom stereocenters. The van der Waals surface area contributed by atoms with E-state index >= 15 is 0 Å². The third-order valence-electron chi connectivity index (χ3n) is 7.30. The zero-order valence-electron chi connectivity index (χ0n) is 23.5. The standard InChI is InChI=1S/C31H38N4O6/c1-2-24-6-3-7-26(18-24)32-31(37)34(12-5-11-33-13-16-38-17-14-33)22-30(36)35(21-27-8-4-15-39-27)20-25-9-10-28-29(19-25)41-23-40-28/h3-4,6-10,15,18-19H,2,5,11-14,16-17,20-23H2,1H3,(H,32,37). The van der Waals surface area contributed by atoms with Gasteiger partial charge in [0.05, 0.1) is 26.0 Å². The first-order valence-corrected chi connectivity index (χ1v) is 14.2. The van der Waals surface area contributed by atoms with Crippen LogP contribution in [-0.4, -0.2) is 79.4 Å². The highest BCUT2D eigenvalue weighted by Gasteiger charge is 2.24. The van der Waals surface area contributed by atoms with Crippen LogP contribution in [0.25, 0.3) is 0 Å². The Bertz CT molecular complexity index is 1290. The van der Waals surface area contributed by atoms with Crippen LogP contribution in [0.3, 0.4) is 0 Å². The van der Waals surface area contributed by atoms with Gasteiger partial charge < -0.3 is 33.7 Å². The number of urea groups is 1. The molecule has 2 aliphatic heterocycles. The molecular formula is C31H38N4O6. The molecule has 0 radical (unpaired) electrons. The van der Waals surface area contributed by atoms with Crippen LogP contribution >= 0.6 is 0 Å². The summed E-state index contributed by atoms with van der Waals surface area (Å²) < 4.78 is 22.0. The number of rotatable bonds is 12. The number of hydrogen-bond donors (Lipinski definition) is 1. The number of nitrogens with zero attached hydrogens (tertiary/aromatic N) is 3. The Kier molecular flexibility index (Phi) is 9.77. The van der Waals surface area contributed by atoms with Crippen molar-refractivity contribution in [3.8, 4) is 11.5 Å². The molecule has 2 aliphatic rings. The van der Waals surface area contributed by atoms with E-state index in [2.05, 4.69) is 17.1 Å². The average Bonchev–Trinajstić information content (AvgIpc) is 3.69. The number of anilines is 1. The number of carbonyl (C=O) groups is 2.